The second-order valence-corrected chi connectivity index (χ2v) is 5.03. The van der Waals surface area contributed by atoms with E-state index in [1.54, 1.807) is 14.0 Å². The van der Waals surface area contributed by atoms with Gasteiger partial charge in [-0.15, -0.1) is 0 Å². The van der Waals surface area contributed by atoms with Gasteiger partial charge in [0.1, 0.15) is 5.75 Å². The van der Waals surface area contributed by atoms with Crippen LogP contribution in [0.2, 0.25) is 0 Å². The fraction of sp³-hybridized carbons (Fsp3) is 0.562. The predicted molar refractivity (Wildman–Crippen MR) is 80.4 cm³/mol. The van der Waals surface area contributed by atoms with Crippen molar-refractivity contribution in [1.29, 1.82) is 0 Å². The Morgan fingerprint density at radius 1 is 1.40 bits per heavy atom. The lowest BCUT2D eigenvalue weighted by Gasteiger charge is -2.25. The Morgan fingerprint density at radius 3 is 2.65 bits per heavy atom. The van der Waals surface area contributed by atoms with Gasteiger partial charge in [-0.1, -0.05) is 0 Å². The van der Waals surface area contributed by atoms with Gasteiger partial charge in [0.05, 0.1) is 13.2 Å². The van der Waals surface area contributed by atoms with Crippen LogP contribution < -0.4 is 4.74 Å². The maximum absolute atomic E-state index is 11.5. The number of likely N-dealkylation sites (N-methyl/N-ethyl adjacent to an activating group) is 1. The summed E-state index contributed by atoms with van der Waals surface area (Å²) in [6.45, 7) is 7.66. The molecule has 0 radical (unpaired) electrons. The Bertz CT molecular complexity index is 445. The molecule has 0 bridgehead atoms. The van der Waals surface area contributed by atoms with Crippen LogP contribution in [0.15, 0.2) is 18.2 Å². The molecule has 0 spiro atoms. The minimum atomic E-state index is 0.0712. The largest absolute Gasteiger partial charge is 0.494 e. The lowest BCUT2D eigenvalue weighted by Crippen LogP contribution is -2.32. The van der Waals surface area contributed by atoms with Crippen molar-refractivity contribution in [3.8, 4) is 5.75 Å². The summed E-state index contributed by atoms with van der Waals surface area (Å²) in [5.41, 5.74) is 1.75. The fourth-order valence-electron chi connectivity index (χ4n) is 2.01. The number of Topliss-reactive ketones (excluding diaryl/α,β-unsaturated/α-hetero) is 1. The van der Waals surface area contributed by atoms with Gasteiger partial charge in [-0.2, -0.15) is 0 Å². The molecule has 1 aromatic rings. The summed E-state index contributed by atoms with van der Waals surface area (Å²) in [5, 5.41) is 0. The molecular formula is C16H25NO3. The Hall–Kier alpha value is -1.39. The number of ketones is 1. The number of carbonyl (C=O) groups is 1. The number of benzene rings is 1. The summed E-state index contributed by atoms with van der Waals surface area (Å²) in [7, 11) is 3.74. The Morgan fingerprint density at radius 2 is 2.10 bits per heavy atom. The Kier molecular flexibility index (Phi) is 6.68. The number of hydrogen-bond donors (Lipinski definition) is 0. The van der Waals surface area contributed by atoms with E-state index in [1.165, 1.54) is 0 Å². The SMILES string of the molecule is CCOc1ccc(C(C)=O)cc1CN(C)C(C)COC. The topological polar surface area (TPSA) is 38.8 Å². The molecular weight excluding hydrogens is 254 g/mol. The van der Waals surface area contributed by atoms with E-state index < -0.39 is 0 Å². The molecule has 1 aromatic carbocycles. The first kappa shape index (κ1) is 16.7. The van der Waals surface area contributed by atoms with Crippen molar-refractivity contribution in [2.75, 3.05) is 27.4 Å². The first-order chi connectivity index (χ1) is 9.49. The molecule has 0 saturated heterocycles. The molecule has 0 N–H and O–H groups in total. The summed E-state index contributed by atoms with van der Waals surface area (Å²) in [4.78, 5) is 13.7. The van der Waals surface area contributed by atoms with Crippen LogP contribution in [0.25, 0.3) is 0 Å². The molecule has 0 aliphatic rings. The normalized spacial score (nSPS) is 12.5. The van der Waals surface area contributed by atoms with Crippen LogP contribution in [0.5, 0.6) is 5.75 Å². The van der Waals surface area contributed by atoms with E-state index in [0.717, 1.165) is 23.4 Å². The first-order valence-electron chi connectivity index (χ1n) is 6.95. The van der Waals surface area contributed by atoms with Crippen molar-refractivity contribution in [2.24, 2.45) is 0 Å². The van der Waals surface area contributed by atoms with Gasteiger partial charge >= 0.3 is 0 Å². The quantitative estimate of drug-likeness (QED) is 0.686. The zero-order valence-electron chi connectivity index (χ0n) is 13.1. The number of rotatable bonds is 8. The molecule has 0 amide bonds. The molecule has 4 nitrogen and oxygen atoms in total. The molecule has 0 aromatic heterocycles. The summed E-state index contributed by atoms with van der Waals surface area (Å²) in [5.74, 6) is 0.913. The number of hydrogen-bond acceptors (Lipinski definition) is 4. The molecule has 4 heteroatoms. The zero-order chi connectivity index (χ0) is 15.1. The van der Waals surface area contributed by atoms with Gasteiger partial charge in [0.25, 0.3) is 0 Å². The highest BCUT2D eigenvalue weighted by Crippen LogP contribution is 2.22. The molecule has 20 heavy (non-hydrogen) atoms. The molecule has 0 aliphatic heterocycles. The van der Waals surface area contributed by atoms with E-state index >= 15 is 0 Å². The molecule has 0 heterocycles. The molecule has 1 unspecified atom stereocenters. The van der Waals surface area contributed by atoms with E-state index in [-0.39, 0.29) is 5.78 Å². The van der Waals surface area contributed by atoms with E-state index in [4.69, 9.17) is 9.47 Å². The fourth-order valence-corrected chi connectivity index (χ4v) is 2.01. The van der Waals surface area contributed by atoms with Crippen LogP contribution in [0.1, 0.15) is 36.7 Å². The van der Waals surface area contributed by atoms with E-state index in [0.29, 0.717) is 19.3 Å². The second kappa shape index (κ2) is 8.02. The van der Waals surface area contributed by atoms with Gasteiger partial charge in [0.2, 0.25) is 0 Å². The third kappa shape index (κ3) is 4.62. The molecule has 0 saturated carbocycles. The lowest BCUT2D eigenvalue weighted by molar-refractivity contribution is 0.101. The van der Waals surface area contributed by atoms with Crippen LogP contribution in [0.3, 0.4) is 0 Å². The molecule has 0 fully saturated rings. The van der Waals surface area contributed by atoms with Gasteiger partial charge in [-0.3, -0.25) is 9.69 Å². The van der Waals surface area contributed by atoms with Crippen LogP contribution in [0.4, 0.5) is 0 Å². The lowest BCUT2D eigenvalue weighted by atomic mass is 10.1. The maximum atomic E-state index is 11.5. The van der Waals surface area contributed by atoms with Crippen molar-refractivity contribution in [3.05, 3.63) is 29.3 Å². The summed E-state index contributed by atoms with van der Waals surface area (Å²) < 4.78 is 10.8. The number of methoxy groups -OCH3 is 1. The molecule has 0 aliphatic carbocycles. The van der Waals surface area contributed by atoms with Crippen molar-refractivity contribution in [1.82, 2.24) is 4.90 Å². The smallest absolute Gasteiger partial charge is 0.159 e. The van der Waals surface area contributed by atoms with Gasteiger partial charge in [-0.05, 0) is 46.0 Å². The average Bonchev–Trinajstić information content (AvgIpc) is 2.40. The van der Waals surface area contributed by atoms with E-state index in [1.807, 2.05) is 32.2 Å². The maximum Gasteiger partial charge on any atom is 0.159 e. The van der Waals surface area contributed by atoms with E-state index in [2.05, 4.69) is 11.8 Å². The molecule has 1 rings (SSSR count). The van der Waals surface area contributed by atoms with Crippen molar-refractivity contribution >= 4 is 5.78 Å². The van der Waals surface area contributed by atoms with Crippen LogP contribution in [-0.4, -0.2) is 44.1 Å². The number of carbonyl (C=O) groups excluding carboxylic acids is 1. The summed E-state index contributed by atoms with van der Waals surface area (Å²) >= 11 is 0. The van der Waals surface area contributed by atoms with Crippen LogP contribution >= 0.6 is 0 Å². The van der Waals surface area contributed by atoms with E-state index in [9.17, 15) is 4.79 Å². The van der Waals surface area contributed by atoms with Gasteiger partial charge in [0.15, 0.2) is 5.78 Å². The van der Waals surface area contributed by atoms with Gasteiger partial charge in [-0.25, -0.2) is 0 Å². The highest BCUT2D eigenvalue weighted by Gasteiger charge is 2.14. The minimum Gasteiger partial charge on any atom is -0.494 e. The third-order valence-corrected chi connectivity index (χ3v) is 3.35. The molecule has 1 atom stereocenters. The van der Waals surface area contributed by atoms with Crippen molar-refractivity contribution in [3.63, 3.8) is 0 Å². The number of nitrogens with zero attached hydrogens (tertiary/aromatic N) is 1. The average molecular weight is 279 g/mol. The monoisotopic (exact) mass is 279 g/mol. The highest BCUT2D eigenvalue weighted by atomic mass is 16.5. The third-order valence-electron chi connectivity index (χ3n) is 3.35. The standard InChI is InChI=1S/C16H25NO3/c1-6-20-16-8-7-14(13(3)18)9-15(16)10-17(4)12(2)11-19-5/h7-9,12H,6,10-11H2,1-5H3. The second-order valence-electron chi connectivity index (χ2n) is 5.03. The predicted octanol–water partition coefficient (Wildman–Crippen LogP) is 2.75. The Balaban J connectivity index is 2.94. The summed E-state index contributed by atoms with van der Waals surface area (Å²) in [6.07, 6.45) is 0. The Labute approximate surface area is 121 Å². The molecule has 112 valence electrons. The summed E-state index contributed by atoms with van der Waals surface area (Å²) in [6, 6.07) is 5.92. The van der Waals surface area contributed by atoms with Crippen molar-refractivity contribution < 1.29 is 14.3 Å². The van der Waals surface area contributed by atoms with Gasteiger partial charge in [0, 0.05) is 30.8 Å². The first-order valence-corrected chi connectivity index (χ1v) is 6.95. The van der Waals surface area contributed by atoms with Crippen LogP contribution in [0, 0.1) is 0 Å². The van der Waals surface area contributed by atoms with Crippen molar-refractivity contribution in [2.45, 2.75) is 33.4 Å². The highest BCUT2D eigenvalue weighted by molar-refractivity contribution is 5.94. The minimum absolute atomic E-state index is 0.0712. The van der Waals surface area contributed by atoms with Crippen LogP contribution in [-0.2, 0) is 11.3 Å². The zero-order valence-corrected chi connectivity index (χ0v) is 13.1. The van der Waals surface area contributed by atoms with Gasteiger partial charge < -0.3 is 9.47 Å². The number of ether oxygens (including phenoxy) is 2.